The van der Waals surface area contributed by atoms with Crippen LogP contribution in [0.5, 0.6) is 0 Å². The Morgan fingerprint density at radius 1 is 1.35 bits per heavy atom. The van der Waals surface area contributed by atoms with Gasteiger partial charge in [-0.2, -0.15) is 0 Å². The van der Waals surface area contributed by atoms with Crippen molar-refractivity contribution in [2.45, 2.75) is 77.0 Å². The summed E-state index contributed by atoms with van der Waals surface area (Å²) in [4.78, 5) is 16.9. The molecule has 4 heteroatoms. The highest BCUT2D eigenvalue weighted by Crippen LogP contribution is 2.25. The number of aliphatic hydroxyl groups is 1. The first kappa shape index (κ1) is 15.8. The summed E-state index contributed by atoms with van der Waals surface area (Å²) in [5, 5.41) is 10.0. The molecule has 0 aromatic carbocycles. The summed E-state index contributed by atoms with van der Waals surface area (Å²) >= 11 is 0. The molecule has 1 aliphatic heterocycles. The lowest BCUT2D eigenvalue weighted by molar-refractivity contribution is -0.137. The van der Waals surface area contributed by atoms with Crippen LogP contribution in [0.3, 0.4) is 0 Å². The Bertz CT molecular complexity index is 335. The number of rotatable bonds is 4. The van der Waals surface area contributed by atoms with E-state index in [1.165, 1.54) is 19.3 Å². The first-order valence-corrected chi connectivity index (χ1v) is 8.15. The van der Waals surface area contributed by atoms with Crippen molar-refractivity contribution in [3.05, 3.63) is 0 Å². The van der Waals surface area contributed by atoms with Crippen molar-refractivity contribution in [3.63, 3.8) is 0 Å². The second-order valence-electron chi connectivity index (χ2n) is 7.14. The molecule has 1 unspecified atom stereocenters. The predicted octanol–water partition coefficient (Wildman–Crippen LogP) is 2.01. The highest BCUT2D eigenvalue weighted by atomic mass is 16.3. The van der Waals surface area contributed by atoms with Crippen molar-refractivity contribution in [2.24, 2.45) is 0 Å². The Balaban J connectivity index is 1.93. The van der Waals surface area contributed by atoms with Crippen LogP contribution < -0.4 is 0 Å². The summed E-state index contributed by atoms with van der Waals surface area (Å²) in [6, 6.07) is 0.702. The molecule has 0 aromatic rings. The molecule has 20 heavy (non-hydrogen) atoms. The molecule has 0 aromatic heterocycles. The third-order valence-electron chi connectivity index (χ3n) is 4.70. The largest absolute Gasteiger partial charge is 0.389 e. The molecule has 1 saturated heterocycles. The fourth-order valence-electron chi connectivity index (χ4n) is 3.72. The Hall–Kier alpha value is -0.610. The number of carbonyl (C=O) groups is 1. The molecule has 1 atom stereocenters. The fourth-order valence-corrected chi connectivity index (χ4v) is 3.72. The molecule has 1 N–H and O–H groups in total. The van der Waals surface area contributed by atoms with Crippen LogP contribution in [0.15, 0.2) is 0 Å². The molecule has 2 rings (SSSR count). The van der Waals surface area contributed by atoms with Crippen LogP contribution in [0.4, 0.5) is 0 Å². The van der Waals surface area contributed by atoms with E-state index in [4.69, 9.17) is 0 Å². The van der Waals surface area contributed by atoms with Gasteiger partial charge in [0.1, 0.15) is 0 Å². The number of β-amino-alcohol motifs (C(OH)–C–C–N with tert-alkyl or cyclic N) is 1. The third kappa shape index (κ3) is 3.95. The Morgan fingerprint density at radius 3 is 2.50 bits per heavy atom. The average Bonchev–Trinajstić information content (AvgIpc) is 2.69. The number of carbonyl (C=O) groups excluding carboxylic acids is 1. The summed E-state index contributed by atoms with van der Waals surface area (Å²) in [5.74, 6) is 0.240. The zero-order chi connectivity index (χ0) is 14.8. The van der Waals surface area contributed by atoms with E-state index >= 15 is 0 Å². The van der Waals surface area contributed by atoms with Crippen molar-refractivity contribution in [2.75, 3.05) is 19.6 Å². The maximum Gasteiger partial charge on any atom is 0.237 e. The molecule has 2 fully saturated rings. The van der Waals surface area contributed by atoms with Crippen LogP contribution in [-0.4, -0.2) is 58.1 Å². The lowest BCUT2D eigenvalue weighted by Crippen LogP contribution is -2.49. The first-order chi connectivity index (χ1) is 9.39. The maximum absolute atomic E-state index is 12.7. The zero-order valence-electron chi connectivity index (χ0n) is 13.3. The standard InChI is InChI=1S/C16H30N2O2/c1-13(2)18(14-7-5-4-6-8-14)15(19)11-17-10-9-16(3,20)12-17/h13-14,20H,4-12H2,1-3H3. The first-order valence-electron chi connectivity index (χ1n) is 8.15. The molecule has 1 amide bonds. The second kappa shape index (κ2) is 6.44. The number of nitrogens with zero attached hydrogens (tertiary/aromatic N) is 2. The van der Waals surface area contributed by atoms with Crippen molar-refractivity contribution in [1.29, 1.82) is 0 Å². The van der Waals surface area contributed by atoms with E-state index in [-0.39, 0.29) is 11.9 Å². The van der Waals surface area contributed by atoms with E-state index in [0.717, 1.165) is 25.8 Å². The second-order valence-corrected chi connectivity index (χ2v) is 7.14. The minimum Gasteiger partial charge on any atom is -0.389 e. The quantitative estimate of drug-likeness (QED) is 0.858. The molecular weight excluding hydrogens is 252 g/mol. The molecule has 1 saturated carbocycles. The number of likely N-dealkylation sites (tertiary alicyclic amines) is 1. The van der Waals surface area contributed by atoms with Gasteiger partial charge >= 0.3 is 0 Å². The van der Waals surface area contributed by atoms with Crippen LogP contribution in [-0.2, 0) is 4.79 Å². The average molecular weight is 282 g/mol. The third-order valence-corrected chi connectivity index (χ3v) is 4.70. The van der Waals surface area contributed by atoms with E-state index in [9.17, 15) is 9.90 Å². The Labute approximate surface area is 123 Å². The molecule has 116 valence electrons. The van der Waals surface area contributed by atoms with Crippen LogP contribution in [0, 0.1) is 0 Å². The molecule has 2 aliphatic rings. The van der Waals surface area contributed by atoms with Gasteiger partial charge in [-0.1, -0.05) is 19.3 Å². The van der Waals surface area contributed by atoms with E-state index < -0.39 is 5.60 Å². The summed E-state index contributed by atoms with van der Waals surface area (Å²) in [5.41, 5.74) is -0.617. The number of hydrogen-bond acceptors (Lipinski definition) is 3. The molecule has 0 radical (unpaired) electrons. The van der Waals surface area contributed by atoms with E-state index in [2.05, 4.69) is 23.6 Å². The van der Waals surface area contributed by atoms with Crippen LogP contribution in [0.2, 0.25) is 0 Å². The topological polar surface area (TPSA) is 43.8 Å². The van der Waals surface area contributed by atoms with Gasteiger partial charge in [-0.3, -0.25) is 9.69 Å². The highest BCUT2D eigenvalue weighted by molar-refractivity contribution is 5.79. The fraction of sp³-hybridized carbons (Fsp3) is 0.938. The predicted molar refractivity (Wildman–Crippen MR) is 80.5 cm³/mol. The summed E-state index contributed by atoms with van der Waals surface area (Å²) in [7, 11) is 0. The van der Waals surface area contributed by atoms with Crippen LogP contribution >= 0.6 is 0 Å². The van der Waals surface area contributed by atoms with E-state index in [1.807, 2.05) is 6.92 Å². The smallest absolute Gasteiger partial charge is 0.237 e. The SMILES string of the molecule is CC(C)N(C(=O)CN1CCC(C)(O)C1)C1CCCCC1. The van der Waals surface area contributed by atoms with Crippen molar-refractivity contribution >= 4 is 5.91 Å². The van der Waals surface area contributed by atoms with Gasteiger partial charge in [0.15, 0.2) is 0 Å². The van der Waals surface area contributed by atoms with Gasteiger partial charge in [-0.15, -0.1) is 0 Å². The summed E-state index contributed by atoms with van der Waals surface area (Å²) < 4.78 is 0. The molecule has 4 nitrogen and oxygen atoms in total. The lowest BCUT2D eigenvalue weighted by Gasteiger charge is -2.38. The molecule has 1 aliphatic carbocycles. The number of amides is 1. The molecule has 1 heterocycles. The normalized spacial score (nSPS) is 29.1. The highest BCUT2D eigenvalue weighted by Gasteiger charge is 2.34. The minimum absolute atomic E-state index is 0.240. The Morgan fingerprint density at radius 2 is 2.00 bits per heavy atom. The molecule has 0 spiro atoms. The summed E-state index contributed by atoms with van der Waals surface area (Å²) in [6.45, 7) is 8.01. The van der Waals surface area contributed by atoms with Crippen molar-refractivity contribution < 1.29 is 9.90 Å². The van der Waals surface area contributed by atoms with Crippen LogP contribution in [0.25, 0.3) is 0 Å². The van der Waals surface area contributed by atoms with Gasteiger partial charge in [0.2, 0.25) is 5.91 Å². The van der Waals surface area contributed by atoms with Crippen molar-refractivity contribution in [1.82, 2.24) is 9.80 Å². The molecular formula is C16H30N2O2. The minimum atomic E-state index is -0.617. The zero-order valence-corrected chi connectivity index (χ0v) is 13.3. The van der Waals surface area contributed by atoms with Gasteiger partial charge in [0, 0.05) is 25.2 Å². The van der Waals surface area contributed by atoms with Gasteiger partial charge in [0.05, 0.1) is 12.1 Å². The Kier molecular flexibility index (Phi) is 5.08. The van der Waals surface area contributed by atoms with E-state index in [0.29, 0.717) is 19.1 Å². The summed E-state index contributed by atoms with van der Waals surface area (Å²) in [6.07, 6.45) is 6.89. The number of hydrogen-bond donors (Lipinski definition) is 1. The molecule has 0 bridgehead atoms. The van der Waals surface area contributed by atoms with Crippen LogP contribution in [0.1, 0.15) is 59.3 Å². The lowest BCUT2D eigenvalue weighted by atomic mass is 9.93. The van der Waals surface area contributed by atoms with Gasteiger partial charge in [-0.25, -0.2) is 0 Å². The maximum atomic E-state index is 12.7. The van der Waals surface area contributed by atoms with E-state index in [1.54, 1.807) is 0 Å². The van der Waals surface area contributed by atoms with Gasteiger partial charge < -0.3 is 10.0 Å². The monoisotopic (exact) mass is 282 g/mol. The van der Waals surface area contributed by atoms with Gasteiger partial charge in [0.25, 0.3) is 0 Å². The van der Waals surface area contributed by atoms with Gasteiger partial charge in [-0.05, 0) is 40.0 Å². The van der Waals surface area contributed by atoms with Crippen molar-refractivity contribution in [3.8, 4) is 0 Å².